The molecule has 0 fully saturated rings. The fourth-order valence-corrected chi connectivity index (χ4v) is 1.81. The summed E-state index contributed by atoms with van der Waals surface area (Å²) in [6, 6.07) is 0.530. The van der Waals surface area contributed by atoms with Crippen molar-refractivity contribution in [1.29, 1.82) is 0 Å². The van der Waals surface area contributed by atoms with Crippen LogP contribution in [0.25, 0.3) is 11.1 Å². The van der Waals surface area contributed by atoms with Gasteiger partial charge >= 0.3 is 6.18 Å². The van der Waals surface area contributed by atoms with Gasteiger partial charge in [0.15, 0.2) is 23.3 Å². The Morgan fingerprint density at radius 1 is 0.636 bits per heavy atom. The van der Waals surface area contributed by atoms with E-state index in [1.165, 1.54) is 0 Å². The molecule has 0 aliphatic rings. The first-order valence-corrected chi connectivity index (χ1v) is 5.44. The molecule has 0 unspecified atom stereocenters. The molecule has 0 heterocycles. The van der Waals surface area contributed by atoms with E-state index in [-0.39, 0.29) is 12.1 Å². The van der Waals surface area contributed by atoms with Gasteiger partial charge in [-0.15, -0.1) is 0 Å². The number of benzene rings is 2. The number of halogens is 9. The van der Waals surface area contributed by atoms with Gasteiger partial charge in [0.1, 0.15) is 5.82 Å². The van der Waals surface area contributed by atoms with Crippen molar-refractivity contribution in [2.75, 3.05) is 0 Å². The van der Waals surface area contributed by atoms with Crippen molar-refractivity contribution >= 4 is 0 Å². The molecule has 0 radical (unpaired) electrons. The summed E-state index contributed by atoms with van der Waals surface area (Å²) in [4.78, 5) is 0. The van der Waals surface area contributed by atoms with E-state index in [2.05, 4.69) is 0 Å². The summed E-state index contributed by atoms with van der Waals surface area (Å²) in [6.07, 6.45) is -5.19. The molecule has 2 rings (SSSR count). The third-order valence-electron chi connectivity index (χ3n) is 2.77. The average molecular weight is 330 g/mol. The summed E-state index contributed by atoms with van der Waals surface area (Å²) in [5.74, 6) is -13.7. The predicted octanol–water partition coefficient (Wildman–Crippen LogP) is 5.21. The molecule has 0 atom stereocenters. The summed E-state index contributed by atoms with van der Waals surface area (Å²) in [5.41, 5.74) is -5.07. The quantitative estimate of drug-likeness (QED) is 0.383. The molecule has 22 heavy (non-hydrogen) atoms. The first-order chi connectivity index (χ1) is 10.1. The van der Waals surface area contributed by atoms with Crippen LogP contribution in [-0.4, -0.2) is 0 Å². The van der Waals surface area contributed by atoms with Crippen molar-refractivity contribution < 1.29 is 39.5 Å². The molecule has 2 aromatic carbocycles. The molecule has 2 aromatic rings. The lowest BCUT2D eigenvalue weighted by molar-refractivity contribution is -0.137. The fourth-order valence-electron chi connectivity index (χ4n) is 1.81. The molecule has 0 saturated heterocycles. The first-order valence-electron chi connectivity index (χ1n) is 5.44. The number of rotatable bonds is 1. The molecule has 0 aliphatic carbocycles. The smallest absolute Gasteiger partial charge is 0.207 e. The van der Waals surface area contributed by atoms with Gasteiger partial charge < -0.3 is 0 Å². The summed E-state index contributed by atoms with van der Waals surface area (Å²) >= 11 is 0. The lowest BCUT2D eigenvalue weighted by atomic mass is 9.97. The topological polar surface area (TPSA) is 0 Å². The number of alkyl halides is 3. The van der Waals surface area contributed by atoms with Crippen molar-refractivity contribution in [3.8, 4) is 11.1 Å². The minimum absolute atomic E-state index is 0.0428. The van der Waals surface area contributed by atoms with Gasteiger partial charge in [0.2, 0.25) is 5.82 Å². The van der Waals surface area contributed by atoms with Gasteiger partial charge in [-0.25, -0.2) is 26.3 Å². The van der Waals surface area contributed by atoms with Crippen LogP contribution in [0.1, 0.15) is 5.56 Å². The van der Waals surface area contributed by atoms with Crippen molar-refractivity contribution in [2.24, 2.45) is 0 Å². The molecule has 0 amide bonds. The predicted molar refractivity (Wildman–Crippen MR) is 56.6 cm³/mol. The highest BCUT2D eigenvalue weighted by molar-refractivity contribution is 5.69. The monoisotopic (exact) mass is 330 g/mol. The second-order valence-electron chi connectivity index (χ2n) is 4.13. The van der Waals surface area contributed by atoms with Gasteiger partial charge in [0, 0.05) is 5.56 Å². The van der Waals surface area contributed by atoms with Crippen molar-refractivity contribution in [3.05, 3.63) is 58.7 Å². The summed E-state index contributed by atoms with van der Waals surface area (Å²) in [7, 11) is 0. The van der Waals surface area contributed by atoms with E-state index in [1.54, 1.807) is 0 Å². The van der Waals surface area contributed by atoms with Gasteiger partial charge in [-0.2, -0.15) is 13.2 Å². The maximum absolute atomic E-state index is 13.6. The molecule has 9 heteroatoms. The van der Waals surface area contributed by atoms with E-state index in [0.29, 0.717) is 6.07 Å². The van der Waals surface area contributed by atoms with Gasteiger partial charge in [-0.05, 0) is 18.2 Å². The highest BCUT2D eigenvalue weighted by atomic mass is 19.4. The maximum Gasteiger partial charge on any atom is 0.417 e. The van der Waals surface area contributed by atoms with E-state index in [4.69, 9.17) is 0 Å². The zero-order chi connectivity index (χ0) is 16.8. The van der Waals surface area contributed by atoms with Gasteiger partial charge in [-0.1, -0.05) is 0 Å². The SMILES string of the molecule is Fc1ccc(C(F)(F)F)c(-c2c(F)c(F)c(F)c(F)c2F)c1. The minimum atomic E-state index is -5.19. The average Bonchev–Trinajstić information content (AvgIpc) is 2.42. The largest absolute Gasteiger partial charge is 0.417 e. The van der Waals surface area contributed by atoms with E-state index in [9.17, 15) is 39.5 Å². The summed E-state index contributed by atoms with van der Waals surface area (Å²) in [5, 5.41) is 0. The molecule has 0 aromatic heterocycles. The lowest BCUT2D eigenvalue weighted by Crippen LogP contribution is -2.11. The van der Waals surface area contributed by atoms with Gasteiger partial charge in [0.05, 0.1) is 11.1 Å². The molecule has 0 bridgehead atoms. The van der Waals surface area contributed by atoms with Crippen LogP contribution in [0.4, 0.5) is 39.5 Å². The Labute approximate surface area is 116 Å². The second-order valence-corrected chi connectivity index (χ2v) is 4.13. The standard InChI is InChI=1S/C13H3F9/c14-4-1-2-6(13(20,21)22)5(3-4)7-8(15)10(17)12(19)11(18)9(7)16/h1-3H. The van der Waals surface area contributed by atoms with Crippen LogP contribution in [0.3, 0.4) is 0 Å². The molecule has 0 aliphatic heterocycles. The third kappa shape index (κ3) is 2.51. The zero-order valence-corrected chi connectivity index (χ0v) is 10.1. The van der Waals surface area contributed by atoms with E-state index >= 15 is 0 Å². The normalized spacial score (nSPS) is 11.9. The number of hydrogen-bond donors (Lipinski definition) is 0. The minimum Gasteiger partial charge on any atom is -0.207 e. The second kappa shape index (κ2) is 5.22. The lowest BCUT2D eigenvalue weighted by Gasteiger charge is -2.15. The van der Waals surface area contributed by atoms with Crippen LogP contribution in [0.5, 0.6) is 0 Å². The Morgan fingerprint density at radius 3 is 1.55 bits per heavy atom. The summed E-state index contributed by atoms with van der Waals surface area (Å²) in [6.45, 7) is 0. The van der Waals surface area contributed by atoms with E-state index in [1.807, 2.05) is 0 Å². The molecule has 0 nitrogen and oxygen atoms in total. The van der Waals surface area contributed by atoms with Crippen molar-refractivity contribution in [3.63, 3.8) is 0 Å². The number of hydrogen-bond acceptors (Lipinski definition) is 0. The van der Waals surface area contributed by atoms with E-state index < -0.39 is 57.8 Å². The molecule has 0 saturated carbocycles. The van der Waals surface area contributed by atoms with Crippen LogP contribution in [-0.2, 0) is 6.18 Å². The Hall–Kier alpha value is -2.19. The Kier molecular flexibility index (Phi) is 3.84. The molecule has 0 N–H and O–H groups in total. The van der Waals surface area contributed by atoms with E-state index in [0.717, 1.165) is 0 Å². The molecule has 0 spiro atoms. The van der Waals surface area contributed by atoms with Crippen LogP contribution < -0.4 is 0 Å². The Balaban J connectivity index is 2.92. The van der Waals surface area contributed by atoms with Gasteiger partial charge in [-0.3, -0.25) is 0 Å². The van der Waals surface area contributed by atoms with Gasteiger partial charge in [0.25, 0.3) is 0 Å². The highest BCUT2D eigenvalue weighted by Gasteiger charge is 2.37. The Bertz CT molecular complexity index is 717. The van der Waals surface area contributed by atoms with Crippen LogP contribution >= 0.6 is 0 Å². The Morgan fingerprint density at radius 2 is 1.09 bits per heavy atom. The van der Waals surface area contributed by atoms with Crippen LogP contribution in [0.2, 0.25) is 0 Å². The third-order valence-corrected chi connectivity index (χ3v) is 2.77. The zero-order valence-electron chi connectivity index (χ0n) is 10.1. The molecular weight excluding hydrogens is 327 g/mol. The summed E-state index contributed by atoms with van der Waals surface area (Å²) < 4.78 is 118. The first kappa shape index (κ1) is 16.2. The molecule has 118 valence electrons. The van der Waals surface area contributed by atoms with Crippen molar-refractivity contribution in [1.82, 2.24) is 0 Å². The molecular formula is C13H3F9. The van der Waals surface area contributed by atoms with Crippen LogP contribution in [0.15, 0.2) is 18.2 Å². The fraction of sp³-hybridized carbons (Fsp3) is 0.0769. The maximum atomic E-state index is 13.6. The van der Waals surface area contributed by atoms with Crippen molar-refractivity contribution in [2.45, 2.75) is 6.18 Å². The van der Waals surface area contributed by atoms with Crippen LogP contribution in [0, 0.1) is 34.9 Å². The highest BCUT2D eigenvalue weighted by Crippen LogP contribution is 2.40.